The van der Waals surface area contributed by atoms with Crippen molar-refractivity contribution in [2.45, 2.75) is 13.0 Å². The van der Waals surface area contributed by atoms with Crippen molar-refractivity contribution in [1.82, 2.24) is 19.8 Å². The second-order valence-electron chi connectivity index (χ2n) is 7.11. The van der Waals surface area contributed by atoms with Gasteiger partial charge in [-0.05, 0) is 50.2 Å². The molecule has 5 nitrogen and oxygen atoms in total. The summed E-state index contributed by atoms with van der Waals surface area (Å²) < 4.78 is 2.34. The summed E-state index contributed by atoms with van der Waals surface area (Å²) in [6.45, 7) is 3.26. The van der Waals surface area contributed by atoms with Gasteiger partial charge >= 0.3 is 0 Å². The van der Waals surface area contributed by atoms with Crippen molar-refractivity contribution < 1.29 is 4.79 Å². The number of aromatic nitrogens is 2. The van der Waals surface area contributed by atoms with Crippen LogP contribution in [0, 0.1) is 5.92 Å². The number of amides is 1. The molecule has 1 aliphatic rings. The van der Waals surface area contributed by atoms with E-state index >= 15 is 0 Å². The van der Waals surface area contributed by atoms with Gasteiger partial charge in [0.1, 0.15) is 5.82 Å². The third-order valence-corrected chi connectivity index (χ3v) is 5.22. The largest absolute Gasteiger partial charge is 0.355 e. The minimum Gasteiger partial charge on any atom is -0.355 e. The lowest BCUT2D eigenvalue weighted by molar-refractivity contribution is 0.0963. The van der Waals surface area contributed by atoms with Gasteiger partial charge < -0.3 is 14.8 Å². The third-order valence-electron chi connectivity index (χ3n) is 5.22. The van der Waals surface area contributed by atoms with Crippen molar-refractivity contribution in [3.05, 3.63) is 54.1 Å². The molecule has 2 heterocycles. The summed E-state index contributed by atoms with van der Waals surface area (Å²) in [4.78, 5) is 19.1. The molecule has 4 rings (SSSR count). The van der Waals surface area contributed by atoms with Crippen LogP contribution in [0.3, 0.4) is 0 Å². The summed E-state index contributed by atoms with van der Waals surface area (Å²) in [7, 11) is 3.83. The molecule has 1 amide bonds. The summed E-state index contributed by atoms with van der Waals surface area (Å²) >= 11 is 0. The fraction of sp³-hybridized carbons (Fsp3) is 0.333. The minimum absolute atomic E-state index is 0.0703. The standard InChI is InChI=1S/C21H24N4O/c1-22-21(26)17-9-7-16(8-10-17)20-23-18-5-3-4-6-19(18)25(20)14-15-11-12-24(2)13-15/h3-10,15H,11-14H2,1-2H3,(H,22,26). The van der Waals surface area contributed by atoms with Crippen molar-refractivity contribution in [3.63, 3.8) is 0 Å². The number of carbonyl (C=O) groups is 1. The van der Waals surface area contributed by atoms with Crippen LogP contribution >= 0.6 is 0 Å². The summed E-state index contributed by atoms with van der Waals surface area (Å²) in [5.74, 6) is 1.55. The first-order chi connectivity index (χ1) is 12.7. The summed E-state index contributed by atoms with van der Waals surface area (Å²) in [6, 6.07) is 16.0. The topological polar surface area (TPSA) is 50.2 Å². The van der Waals surface area contributed by atoms with Crippen LogP contribution in [0.1, 0.15) is 16.8 Å². The number of para-hydroxylation sites is 2. The first-order valence-electron chi connectivity index (χ1n) is 9.12. The molecule has 1 N–H and O–H groups in total. The zero-order chi connectivity index (χ0) is 18.1. The number of nitrogens with one attached hydrogen (secondary N) is 1. The van der Waals surface area contributed by atoms with Gasteiger partial charge in [-0.25, -0.2) is 4.98 Å². The summed E-state index contributed by atoms with van der Waals surface area (Å²) in [6.07, 6.45) is 1.22. The zero-order valence-corrected chi connectivity index (χ0v) is 15.3. The van der Waals surface area contributed by atoms with E-state index in [0.717, 1.165) is 36.5 Å². The van der Waals surface area contributed by atoms with Crippen molar-refractivity contribution in [2.75, 3.05) is 27.2 Å². The van der Waals surface area contributed by atoms with Crippen LogP contribution in [0.4, 0.5) is 0 Å². The second-order valence-corrected chi connectivity index (χ2v) is 7.11. The van der Waals surface area contributed by atoms with Crippen LogP contribution in [0.15, 0.2) is 48.5 Å². The van der Waals surface area contributed by atoms with E-state index in [9.17, 15) is 4.79 Å². The molecule has 0 spiro atoms. The van der Waals surface area contributed by atoms with Gasteiger partial charge in [-0.2, -0.15) is 0 Å². The number of likely N-dealkylation sites (tertiary alicyclic amines) is 1. The number of carbonyl (C=O) groups excluding carboxylic acids is 1. The van der Waals surface area contributed by atoms with Crippen molar-refractivity contribution >= 4 is 16.9 Å². The number of nitrogens with zero attached hydrogens (tertiary/aromatic N) is 3. The molecule has 1 atom stereocenters. The van der Waals surface area contributed by atoms with Crippen LogP contribution in [0.5, 0.6) is 0 Å². The summed E-state index contributed by atoms with van der Waals surface area (Å²) in [5, 5.41) is 2.66. The molecule has 1 aliphatic heterocycles. The van der Waals surface area contributed by atoms with Crippen LogP contribution in [-0.4, -0.2) is 47.5 Å². The van der Waals surface area contributed by atoms with E-state index in [1.54, 1.807) is 7.05 Å². The maximum atomic E-state index is 11.8. The molecule has 26 heavy (non-hydrogen) atoms. The van der Waals surface area contributed by atoms with E-state index in [4.69, 9.17) is 4.98 Å². The Morgan fingerprint density at radius 3 is 2.65 bits per heavy atom. The molecule has 0 bridgehead atoms. The Labute approximate surface area is 153 Å². The van der Waals surface area contributed by atoms with Gasteiger partial charge in [0.15, 0.2) is 0 Å². The van der Waals surface area contributed by atoms with Crippen molar-refractivity contribution in [2.24, 2.45) is 5.92 Å². The Bertz CT molecular complexity index is 929. The number of hydrogen-bond acceptors (Lipinski definition) is 3. The minimum atomic E-state index is -0.0703. The first kappa shape index (κ1) is 16.8. The smallest absolute Gasteiger partial charge is 0.251 e. The van der Waals surface area contributed by atoms with Gasteiger partial charge in [-0.1, -0.05) is 24.3 Å². The van der Waals surface area contributed by atoms with E-state index in [-0.39, 0.29) is 5.91 Å². The Morgan fingerprint density at radius 1 is 1.19 bits per heavy atom. The van der Waals surface area contributed by atoms with Gasteiger partial charge in [-0.15, -0.1) is 0 Å². The predicted molar refractivity (Wildman–Crippen MR) is 104 cm³/mol. The molecule has 1 fully saturated rings. The third kappa shape index (κ3) is 3.10. The van der Waals surface area contributed by atoms with Gasteiger partial charge in [0.2, 0.25) is 0 Å². The Morgan fingerprint density at radius 2 is 1.96 bits per heavy atom. The molecule has 134 valence electrons. The zero-order valence-electron chi connectivity index (χ0n) is 15.3. The Hall–Kier alpha value is -2.66. The molecule has 0 aliphatic carbocycles. The number of fused-ring (bicyclic) bond motifs is 1. The molecular formula is C21H24N4O. The van der Waals surface area contributed by atoms with Gasteiger partial charge in [-0.3, -0.25) is 4.79 Å². The fourth-order valence-electron chi connectivity index (χ4n) is 3.83. The van der Waals surface area contributed by atoms with E-state index in [1.165, 1.54) is 11.9 Å². The van der Waals surface area contributed by atoms with E-state index in [2.05, 4.69) is 40.0 Å². The lowest BCUT2D eigenvalue weighted by Gasteiger charge is -2.15. The lowest BCUT2D eigenvalue weighted by atomic mass is 10.1. The van der Waals surface area contributed by atoms with E-state index in [0.29, 0.717) is 11.5 Å². The number of benzene rings is 2. The highest BCUT2D eigenvalue weighted by molar-refractivity contribution is 5.94. The highest BCUT2D eigenvalue weighted by Crippen LogP contribution is 2.28. The molecule has 1 unspecified atom stereocenters. The predicted octanol–water partition coefficient (Wildman–Crippen LogP) is 3.01. The Balaban J connectivity index is 1.74. The van der Waals surface area contributed by atoms with Gasteiger partial charge in [0.25, 0.3) is 5.91 Å². The molecule has 0 radical (unpaired) electrons. The van der Waals surface area contributed by atoms with E-state index in [1.807, 2.05) is 30.3 Å². The van der Waals surface area contributed by atoms with Crippen LogP contribution < -0.4 is 5.32 Å². The molecule has 2 aromatic carbocycles. The quantitative estimate of drug-likeness (QED) is 0.788. The molecule has 0 saturated carbocycles. The van der Waals surface area contributed by atoms with Crippen LogP contribution in [0.25, 0.3) is 22.4 Å². The van der Waals surface area contributed by atoms with Crippen LogP contribution in [0.2, 0.25) is 0 Å². The monoisotopic (exact) mass is 348 g/mol. The summed E-state index contributed by atoms with van der Waals surface area (Å²) in [5.41, 5.74) is 3.90. The molecule has 3 aromatic rings. The fourth-order valence-corrected chi connectivity index (χ4v) is 3.83. The molecule has 1 saturated heterocycles. The van der Waals surface area contributed by atoms with Crippen molar-refractivity contribution in [3.8, 4) is 11.4 Å². The first-order valence-corrected chi connectivity index (χ1v) is 9.12. The Kier molecular flexibility index (Phi) is 4.47. The highest BCUT2D eigenvalue weighted by atomic mass is 16.1. The van der Waals surface area contributed by atoms with Gasteiger partial charge in [0, 0.05) is 31.3 Å². The number of hydrogen-bond donors (Lipinski definition) is 1. The van der Waals surface area contributed by atoms with E-state index < -0.39 is 0 Å². The highest BCUT2D eigenvalue weighted by Gasteiger charge is 2.22. The van der Waals surface area contributed by atoms with Crippen LogP contribution in [-0.2, 0) is 6.54 Å². The van der Waals surface area contributed by atoms with Gasteiger partial charge in [0.05, 0.1) is 11.0 Å². The number of rotatable bonds is 4. The second kappa shape index (κ2) is 6.92. The average Bonchev–Trinajstić information content (AvgIpc) is 3.25. The number of imidazole rings is 1. The maximum Gasteiger partial charge on any atom is 0.251 e. The average molecular weight is 348 g/mol. The lowest BCUT2D eigenvalue weighted by Crippen LogP contribution is -2.18. The SMILES string of the molecule is CNC(=O)c1ccc(-c2nc3ccccc3n2CC2CCN(C)C2)cc1. The molecule has 1 aromatic heterocycles. The molecule has 5 heteroatoms. The normalized spacial score (nSPS) is 17.7. The van der Waals surface area contributed by atoms with Crippen molar-refractivity contribution in [1.29, 1.82) is 0 Å². The maximum absolute atomic E-state index is 11.8. The molecular weight excluding hydrogens is 324 g/mol.